The number of non-ortho nitro benzene ring substituents is 1. The van der Waals surface area contributed by atoms with Gasteiger partial charge < -0.3 is 4.90 Å². The van der Waals surface area contributed by atoms with Crippen LogP contribution in [0.1, 0.15) is 10.4 Å². The van der Waals surface area contributed by atoms with Crippen LogP contribution in [0.4, 0.5) is 5.69 Å². The van der Waals surface area contributed by atoms with Crippen LogP contribution in [0.3, 0.4) is 0 Å². The Morgan fingerprint density at radius 1 is 1.04 bits per heavy atom. The van der Waals surface area contributed by atoms with Crippen LogP contribution < -0.4 is 0 Å². The lowest BCUT2D eigenvalue weighted by molar-refractivity contribution is -0.385. The van der Waals surface area contributed by atoms with Gasteiger partial charge in [-0.05, 0) is 30.3 Å². The van der Waals surface area contributed by atoms with Crippen LogP contribution in [0.25, 0.3) is 0 Å². The highest BCUT2D eigenvalue weighted by Gasteiger charge is 2.31. The highest BCUT2D eigenvalue weighted by Crippen LogP contribution is 2.22. The van der Waals surface area contributed by atoms with Crippen molar-refractivity contribution in [2.24, 2.45) is 0 Å². The van der Waals surface area contributed by atoms with E-state index in [1.165, 1.54) is 22.5 Å². The van der Waals surface area contributed by atoms with E-state index in [2.05, 4.69) is 0 Å². The van der Waals surface area contributed by atoms with Crippen molar-refractivity contribution in [2.45, 2.75) is 4.90 Å². The minimum Gasteiger partial charge on any atom is -0.336 e. The van der Waals surface area contributed by atoms with Crippen LogP contribution in [-0.4, -0.2) is 54.6 Å². The van der Waals surface area contributed by atoms with E-state index < -0.39 is 14.9 Å². The van der Waals surface area contributed by atoms with Gasteiger partial charge in [-0.25, -0.2) is 8.42 Å². The van der Waals surface area contributed by atoms with Crippen molar-refractivity contribution in [2.75, 3.05) is 26.2 Å². The molecule has 1 heterocycles. The second-order valence-electron chi connectivity index (χ2n) is 5.96. The van der Waals surface area contributed by atoms with E-state index in [1.54, 1.807) is 29.2 Å². The smallest absolute Gasteiger partial charge is 0.270 e. The fourth-order valence-corrected chi connectivity index (χ4v) is 4.40. The summed E-state index contributed by atoms with van der Waals surface area (Å²) in [6.07, 6.45) is 0. The highest BCUT2D eigenvalue weighted by molar-refractivity contribution is 7.89. The zero-order chi connectivity index (χ0) is 19.6. The van der Waals surface area contributed by atoms with Gasteiger partial charge in [0.25, 0.3) is 11.6 Å². The van der Waals surface area contributed by atoms with Gasteiger partial charge in [0.15, 0.2) is 0 Å². The molecule has 1 amide bonds. The van der Waals surface area contributed by atoms with Gasteiger partial charge in [0.2, 0.25) is 10.0 Å². The molecule has 0 unspecified atom stereocenters. The molecule has 142 valence electrons. The third-order valence-corrected chi connectivity index (χ3v) is 6.43. The molecule has 10 heteroatoms. The first kappa shape index (κ1) is 19.3. The van der Waals surface area contributed by atoms with Gasteiger partial charge >= 0.3 is 0 Å². The Kier molecular flexibility index (Phi) is 5.45. The lowest BCUT2D eigenvalue weighted by Crippen LogP contribution is -2.50. The lowest BCUT2D eigenvalue weighted by atomic mass is 10.2. The number of piperazine rings is 1. The Labute approximate surface area is 161 Å². The van der Waals surface area contributed by atoms with Crippen molar-refractivity contribution in [1.82, 2.24) is 9.21 Å². The molecule has 0 atom stereocenters. The summed E-state index contributed by atoms with van der Waals surface area (Å²) in [5, 5.41) is 11.4. The van der Waals surface area contributed by atoms with Crippen LogP contribution in [-0.2, 0) is 10.0 Å². The summed E-state index contributed by atoms with van der Waals surface area (Å²) in [6, 6.07) is 11.4. The minimum atomic E-state index is -3.86. The van der Waals surface area contributed by atoms with Crippen molar-refractivity contribution < 1.29 is 18.1 Å². The third kappa shape index (κ3) is 4.10. The summed E-state index contributed by atoms with van der Waals surface area (Å²) >= 11 is 5.82. The molecular formula is C17H16ClN3O5S. The number of nitro groups is 1. The Balaban J connectivity index is 1.71. The van der Waals surface area contributed by atoms with E-state index in [0.717, 1.165) is 6.07 Å². The summed E-state index contributed by atoms with van der Waals surface area (Å²) in [7, 11) is -3.86. The first-order chi connectivity index (χ1) is 12.8. The molecule has 0 aromatic heterocycles. The van der Waals surface area contributed by atoms with Crippen LogP contribution in [0.2, 0.25) is 5.02 Å². The zero-order valence-corrected chi connectivity index (χ0v) is 15.7. The molecule has 1 aliphatic rings. The van der Waals surface area contributed by atoms with Crippen LogP contribution in [0.5, 0.6) is 0 Å². The maximum Gasteiger partial charge on any atom is 0.270 e. The van der Waals surface area contributed by atoms with Crippen molar-refractivity contribution in [3.63, 3.8) is 0 Å². The first-order valence-corrected chi connectivity index (χ1v) is 9.90. The Morgan fingerprint density at radius 2 is 1.67 bits per heavy atom. The van der Waals surface area contributed by atoms with Gasteiger partial charge in [0, 0.05) is 48.9 Å². The number of carbonyl (C=O) groups is 1. The molecule has 1 fully saturated rings. The molecule has 27 heavy (non-hydrogen) atoms. The molecule has 1 aliphatic heterocycles. The second kappa shape index (κ2) is 7.63. The predicted octanol–water partition coefficient (Wildman–Crippen LogP) is 2.39. The van der Waals surface area contributed by atoms with Crippen molar-refractivity contribution in [3.8, 4) is 0 Å². The van der Waals surface area contributed by atoms with E-state index in [9.17, 15) is 23.3 Å². The molecule has 2 aromatic carbocycles. The molecule has 8 nitrogen and oxygen atoms in total. The van der Waals surface area contributed by atoms with Crippen molar-refractivity contribution >= 4 is 33.2 Å². The lowest BCUT2D eigenvalue weighted by Gasteiger charge is -2.34. The van der Waals surface area contributed by atoms with Gasteiger partial charge in [-0.15, -0.1) is 0 Å². The molecule has 2 aromatic rings. The Hall–Kier alpha value is -2.49. The molecule has 0 radical (unpaired) electrons. The van der Waals surface area contributed by atoms with Gasteiger partial charge in [-0.3, -0.25) is 14.9 Å². The Bertz CT molecular complexity index is 970. The number of nitro benzene ring substituents is 1. The summed E-state index contributed by atoms with van der Waals surface area (Å²) < 4.78 is 26.7. The minimum absolute atomic E-state index is 0.115. The zero-order valence-electron chi connectivity index (χ0n) is 14.1. The van der Waals surface area contributed by atoms with Crippen molar-refractivity contribution in [1.29, 1.82) is 0 Å². The monoisotopic (exact) mass is 409 g/mol. The molecular weight excluding hydrogens is 394 g/mol. The van der Waals surface area contributed by atoms with Gasteiger partial charge in [-0.2, -0.15) is 4.31 Å². The standard InChI is InChI=1S/C17H16ClN3O5S/c18-14-6-4-13(5-7-14)17(22)19-8-10-20(11-9-19)27(25,26)16-3-1-2-15(12-16)21(23)24/h1-7,12H,8-11H2. The quantitative estimate of drug-likeness (QED) is 0.570. The van der Waals surface area contributed by atoms with Crippen LogP contribution in [0, 0.1) is 10.1 Å². The number of amides is 1. The van der Waals surface area contributed by atoms with Gasteiger partial charge in [0.1, 0.15) is 0 Å². The fourth-order valence-electron chi connectivity index (χ4n) is 2.81. The summed E-state index contributed by atoms with van der Waals surface area (Å²) in [6.45, 7) is 0.694. The molecule has 0 bridgehead atoms. The van der Waals surface area contributed by atoms with Crippen molar-refractivity contribution in [3.05, 3.63) is 69.2 Å². The van der Waals surface area contributed by atoms with Crippen LogP contribution >= 0.6 is 11.6 Å². The number of carbonyl (C=O) groups excluding carboxylic acids is 1. The van der Waals surface area contributed by atoms with E-state index in [1.807, 2.05) is 0 Å². The van der Waals surface area contributed by atoms with E-state index in [0.29, 0.717) is 10.6 Å². The molecule has 0 N–H and O–H groups in total. The van der Waals surface area contributed by atoms with Gasteiger partial charge in [-0.1, -0.05) is 17.7 Å². The Morgan fingerprint density at radius 3 is 2.26 bits per heavy atom. The SMILES string of the molecule is O=C(c1ccc(Cl)cc1)N1CCN(S(=O)(=O)c2cccc([N+](=O)[O-])c2)CC1. The highest BCUT2D eigenvalue weighted by atomic mass is 35.5. The summed E-state index contributed by atoms with van der Waals surface area (Å²) in [5.74, 6) is -0.195. The average molecular weight is 410 g/mol. The number of nitrogens with zero attached hydrogens (tertiary/aromatic N) is 3. The normalized spacial score (nSPS) is 15.5. The van der Waals surface area contributed by atoms with E-state index in [4.69, 9.17) is 11.6 Å². The van der Waals surface area contributed by atoms with E-state index >= 15 is 0 Å². The molecule has 0 saturated carbocycles. The fraction of sp³-hybridized carbons (Fsp3) is 0.235. The number of hydrogen-bond acceptors (Lipinski definition) is 5. The molecule has 0 aliphatic carbocycles. The largest absolute Gasteiger partial charge is 0.336 e. The summed E-state index contributed by atoms with van der Waals surface area (Å²) in [5.41, 5.74) is 0.196. The number of rotatable bonds is 4. The predicted molar refractivity (Wildman–Crippen MR) is 99.2 cm³/mol. The number of benzene rings is 2. The number of halogens is 1. The number of sulfonamides is 1. The molecule has 3 rings (SSSR count). The molecule has 0 spiro atoms. The second-order valence-corrected chi connectivity index (χ2v) is 8.33. The third-order valence-electron chi connectivity index (χ3n) is 4.28. The maximum absolute atomic E-state index is 12.7. The maximum atomic E-state index is 12.7. The van der Waals surface area contributed by atoms with Gasteiger partial charge in [0.05, 0.1) is 9.82 Å². The van der Waals surface area contributed by atoms with E-state index in [-0.39, 0.29) is 42.7 Å². The summed E-state index contributed by atoms with van der Waals surface area (Å²) in [4.78, 5) is 24.2. The number of hydrogen-bond donors (Lipinski definition) is 0. The average Bonchev–Trinajstić information content (AvgIpc) is 2.68. The topological polar surface area (TPSA) is 101 Å². The first-order valence-electron chi connectivity index (χ1n) is 8.08. The molecule has 1 saturated heterocycles. The van der Waals surface area contributed by atoms with Crippen LogP contribution in [0.15, 0.2) is 53.4 Å².